The van der Waals surface area contributed by atoms with E-state index in [0.29, 0.717) is 5.92 Å². The second kappa shape index (κ2) is 7.57. The summed E-state index contributed by atoms with van der Waals surface area (Å²) in [4.78, 5) is 0. The van der Waals surface area contributed by atoms with Gasteiger partial charge in [0.2, 0.25) is 0 Å². The molecule has 78 valence electrons. The molecule has 1 unspecified atom stereocenters. The lowest BCUT2D eigenvalue weighted by Gasteiger charge is -2.06. The fourth-order valence-electron chi connectivity index (χ4n) is 1.55. The Bertz CT molecular complexity index is 213. The number of aliphatic hydroxyl groups is 1. The average Bonchev–Trinajstić information content (AvgIpc) is 2.19. The SMILES string of the molecule is OCC1C=CCC=CCCC=CCC1. The topological polar surface area (TPSA) is 20.2 Å². The zero-order valence-electron chi connectivity index (χ0n) is 8.73. The van der Waals surface area contributed by atoms with Gasteiger partial charge in [0.05, 0.1) is 0 Å². The van der Waals surface area contributed by atoms with Crippen molar-refractivity contribution in [1.82, 2.24) is 0 Å². The Kier molecular flexibility index (Phi) is 6.09. The van der Waals surface area contributed by atoms with E-state index < -0.39 is 0 Å². The van der Waals surface area contributed by atoms with Crippen molar-refractivity contribution in [3.05, 3.63) is 36.5 Å². The molecule has 0 aromatic rings. The molecule has 0 radical (unpaired) electrons. The molecule has 0 aliphatic heterocycles. The zero-order chi connectivity index (χ0) is 10.1. The molecular formula is C13H20O. The van der Waals surface area contributed by atoms with Crippen LogP contribution in [0.15, 0.2) is 36.5 Å². The molecule has 1 heteroatoms. The molecule has 0 fully saturated rings. The quantitative estimate of drug-likeness (QED) is 0.632. The molecular weight excluding hydrogens is 172 g/mol. The number of aliphatic hydroxyl groups excluding tert-OH is 1. The molecule has 1 nitrogen and oxygen atoms in total. The summed E-state index contributed by atoms with van der Waals surface area (Å²) in [6.07, 6.45) is 18.6. The number of allylic oxidation sites excluding steroid dienone is 5. The van der Waals surface area contributed by atoms with Crippen LogP contribution in [0.25, 0.3) is 0 Å². The van der Waals surface area contributed by atoms with Gasteiger partial charge in [0.15, 0.2) is 0 Å². The van der Waals surface area contributed by atoms with Gasteiger partial charge in [-0.25, -0.2) is 0 Å². The molecule has 0 aromatic carbocycles. The third-order valence-electron chi connectivity index (χ3n) is 2.45. The van der Waals surface area contributed by atoms with E-state index in [9.17, 15) is 0 Å². The summed E-state index contributed by atoms with van der Waals surface area (Å²) in [6, 6.07) is 0. The second-order valence-electron chi connectivity index (χ2n) is 3.70. The van der Waals surface area contributed by atoms with Gasteiger partial charge in [-0.3, -0.25) is 0 Å². The second-order valence-corrected chi connectivity index (χ2v) is 3.70. The van der Waals surface area contributed by atoms with Crippen LogP contribution in [-0.2, 0) is 0 Å². The summed E-state index contributed by atoms with van der Waals surface area (Å²) >= 11 is 0. The molecule has 1 atom stereocenters. The molecule has 0 saturated heterocycles. The highest BCUT2D eigenvalue weighted by molar-refractivity contribution is 4.98. The van der Waals surface area contributed by atoms with Crippen LogP contribution >= 0.6 is 0 Å². The molecule has 1 N–H and O–H groups in total. The smallest absolute Gasteiger partial charge is 0.0493 e. The minimum atomic E-state index is 0.272. The van der Waals surface area contributed by atoms with Crippen LogP contribution in [0.2, 0.25) is 0 Å². The highest BCUT2D eigenvalue weighted by atomic mass is 16.3. The first-order chi connectivity index (χ1) is 6.93. The van der Waals surface area contributed by atoms with Gasteiger partial charge in [-0.2, -0.15) is 0 Å². The summed E-state index contributed by atoms with van der Waals surface area (Å²) in [5.74, 6) is 0.340. The summed E-state index contributed by atoms with van der Waals surface area (Å²) in [5, 5.41) is 9.10. The minimum absolute atomic E-state index is 0.272. The molecule has 1 aliphatic rings. The first kappa shape index (κ1) is 11.3. The first-order valence-electron chi connectivity index (χ1n) is 5.51. The van der Waals surface area contributed by atoms with Crippen molar-refractivity contribution in [3.8, 4) is 0 Å². The van der Waals surface area contributed by atoms with Crippen molar-refractivity contribution in [2.75, 3.05) is 6.61 Å². The average molecular weight is 192 g/mol. The van der Waals surface area contributed by atoms with E-state index >= 15 is 0 Å². The van der Waals surface area contributed by atoms with E-state index in [1.54, 1.807) is 0 Å². The van der Waals surface area contributed by atoms with E-state index in [4.69, 9.17) is 5.11 Å². The summed E-state index contributed by atoms with van der Waals surface area (Å²) in [7, 11) is 0. The number of hydrogen-bond donors (Lipinski definition) is 1. The minimum Gasteiger partial charge on any atom is -0.396 e. The van der Waals surface area contributed by atoms with E-state index in [0.717, 1.165) is 32.1 Å². The normalized spacial score (nSPS) is 24.2. The standard InChI is InChI=1S/C13H20O/c14-12-13-10-8-6-4-2-1-3-5-7-9-11-13/h2,4-5,7-8,10,13-14H,1,3,6,9,11-12H2. The van der Waals surface area contributed by atoms with Crippen molar-refractivity contribution in [2.24, 2.45) is 5.92 Å². The van der Waals surface area contributed by atoms with Crippen molar-refractivity contribution >= 4 is 0 Å². The summed E-state index contributed by atoms with van der Waals surface area (Å²) < 4.78 is 0. The van der Waals surface area contributed by atoms with Crippen molar-refractivity contribution in [3.63, 3.8) is 0 Å². The Labute approximate surface area is 86.8 Å². The Morgan fingerprint density at radius 2 is 1.64 bits per heavy atom. The predicted molar refractivity (Wildman–Crippen MR) is 61.1 cm³/mol. The number of hydrogen-bond acceptors (Lipinski definition) is 1. The number of rotatable bonds is 1. The van der Waals surface area contributed by atoms with Crippen LogP contribution in [0.4, 0.5) is 0 Å². The molecule has 0 spiro atoms. The summed E-state index contributed by atoms with van der Waals surface area (Å²) in [5.41, 5.74) is 0. The molecule has 0 bridgehead atoms. The van der Waals surface area contributed by atoms with Gasteiger partial charge in [0, 0.05) is 12.5 Å². The Morgan fingerprint density at radius 1 is 0.929 bits per heavy atom. The van der Waals surface area contributed by atoms with Gasteiger partial charge in [0.25, 0.3) is 0 Å². The molecule has 1 rings (SSSR count). The molecule has 0 saturated carbocycles. The first-order valence-corrected chi connectivity index (χ1v) is 5.51. The van der Waals surface area contributed by atoms with Gasteiger partial charge in [0.1, 0.15) is 0 Å². The van der Waals surface area contributed by atoms with Crippen LogP contribution in [0.5, 0.6) is 0 Å². The molecule has 0 aromatic heterocycles. The van der Waals surface area contributed by atoms with Gasteiger partial charge in [-0.1, -0.05) is 36.5 Å². The maximum absolute atomic E-state index is 9.10. The zero-order valence-corrected chi connectivity index (χ0v) is 8.73. The van der Waals surface area contributed by atoms with E-state index in [2.05, 4.69) is 36.5 Å². The maximum atomic E-state index is 9.10. The van der Waals surface area contributed by atoms with Crippen LogP contribution in [-0.4, -0.2) is 11.7 Å². The Morgan fingerprint density at radius 3 is 2.43 bits per heavy atom. The van der Waals surface area contributed by atoms with E-state index in [1.807, 2.05) is 0 Å². The fourth-order valence-corrected chi connectivity index (χ4v) is 1.55. The molecule has 0 heterocycles. The fraction of sp³-hybridized carbons (Fsp3) is 0.538. The van der Waals surface area contributed by atoms with E-state index in [1.165, 1.54) is 0 Å². The largest absolute Gasteiger partial charge is 0.396 e. The van der Waals surface area contributed by atoms with Crippen LogP contribution < -0.4 is 0 Å². The van der Waals surface area contributed by atoms with Gasteiger partial charge < -0.3 is 5.11 Å². The third-order valence-corrected chi connectivity index (χ3v) is 2.45. The lowest BCUT2D eigenvalue weighted by atomic mass is 10.0. The van der Waals surface area contributed by atoms with Gasteiger partial charge in [-0.15, -0.1) is 0 Å². The van der Waals surface area contributed by atoms with Gasteiger partial charge in [-0.05, 0) is 32.1 Å². The monoisotopic (exact) mass is 192 g/mol. The molecule has 1 aliphatic carbocycles. The molecule has 14 heavy (non-hydrogen) atoms. The van der Waals surface area contributed by atoms with Crippen molar-refractivity contribution in [2.45, 2.75) is 32.1 Å². The van der Waals surface area contributed by atoms with E-state index in [-0.39, 0.29) is 6.61 Å². The maximum Gasteiger partial charge on any atom is 0.0493 e. The highest BCUT2D eigenvalue weighted by Crippen LogP contribution is 2.10. The van der Waals surface area contributed by atoms with Crippen molar-refractivity contribution < 1.29 is 5.11 Å². The predicted octanol–water partition coefficient (Wildman–Crippen LogP) is 3.23. The highest BCUT2D eigenvalue weighted by Gasteiger charge is 2.00. The van der Waals surface area contributed by atoms with Crippen LogP contribution in [0.1, 0.15) is 32.1 Å². The lowest BCUT2D eigenvalue weighted by Crippen LogP contribution is -2.01. The Balaban J connectivity index is 2.46. The summed E-state index contributed by atoms with van der Waals surface area (Å²) in [6.45, 7) is 0.272. The van der Waals surface area contributed by atoms with Crippen molar-refractivity contribution in [1.29, 1.82) is 0 Å². The Hall–Kier alpha value is -0.820. The lowest BCUT2D eigenvalue weighted by molar-refractivity contribution is 0.246. The van der Waals surface area contributed by atoms with Crippen LogP contribution in [0.3, 0.4) is 0 Å². The molecule has 0 amide bonds. The van der Waals surface area contributed by atoms with Gasteiger partial charge >= 0.3 is 0 Å². The van der Waals surface area contributed by atoms with Crippen LogP contribution in [0, 0.1) is 5.92 Å². The third kappa shape index (κ3) is 5.03.